The Hall–Kier alpha value is -1.21. The van der Waals surface area contributed by atoms with E-state index in [4.69, 9.17) is 4.74 Å². The molecule has 0 saturated carbocycles. The monoisotopic (exact) mass is 338 g/mol. The molecule has 0 spiro atoms. The fourth-order valence-electron chi connectivity index (χ4n) is 2.68. The Labute approximate surface area is 139 Å². The van der Waals surface area contributed by atoms with Gasteiger partial charge in [-0.3, -0.25) is 4.90 Å². The largest absolute Gasteiger partial charge is 0.379 e. The number of morpholine rings is 1. The third-order valence-corrected chi connectivity index (χ3v) is 5.08. The molecule has 1 aliphatic heterocycles. The van der Waals surface area contributed by atoms with Gasteiger partial charge in [-0.25, -0.2) is 13.1 Å². The van der Waals surface area contributed by atoms with E-state index in [1.54, 1.807) is 6.08 Å². The van der Waals surface area contributed by atoms with Crippen LogP contribution in [0.1, 0.15) is 19.4 Å². The Bertz CT molecular complexity index is 594. The molecule has 1 aromatic rings. The van der Waals surface area contributed by atoms with Crippen LogP contribution in [0.4, 0.5) is 0 Å². The maximum Gasteiger partial charge on any atom is 0.233 e. The van der Waals surface area contributed by atoms with E-state index in [1.165, 1.54) is 5.41 Å². The van der Waals surface area contributed by atoms with E-state index in [0.717, 1.165) is 18.7 Å². The third-order valence-electron chi connectivity index (χ3n) is 4.02. The van der Waals surface area contributed by atoms with Gasteiger partial charge in [-0.2, -0.15) is 0 Å². The Morgan fingerprint density at radius 2 is 1.87 bits per heavy atom. The second-order valence-corrected chi connectivity index (χ2v) is 7.72. The molecule has 1 heterocycles. The van der Waals surface area contributed by atoms with Crippen LogP contribution in [0.2, 0.25) is 0 Å². The van der Waals surface area contributed by atoms with Crippen molar-refractivity contribution < 1.29 is 13.2 Å². The molecular formula is C17H26N2O3S. The number of nitrogens with one attached hydrogen (secondary N) is 1. The minimum atomic E-state index is -3.44. The van der Waals surface area contributed by atoms with Crippen LogP contribution < -0.4 is 4.72 Å². The highest BCUT2D eigenvalue weighted by molar-refractivity contribution is 7.92. The van der Waals surface area contributed by atoms with Crippen LogP contribution in [0, 0.1) is 5.92 Å². The number of hydrogen-bond donors (Lipinski definition) is 1. The quantitative estimate of drug-likeness (QED) is 0.825. The van der Waals surface area contributed by atoms with Crippen LogP contribution in [0.5, 0.6) is 0 Å². The van der Waals surface area contributed by atoms with Gasteiger partial charge in [-0.1, -0.05) is 44.2 Å². The predicted octanol–water partition coefficient (Wildman–Crippen LogP) is 1.93. The molecule has 1 aromatic carbocycles. The zero-order valence-electron chi connectivity index (χ0n) is 13.8. The van der Waals surface area contributed by atoms with Gasteiger partial charge in [0.15, 0.2) is 0 Å². The van der Waals surface area contributed by atoms with Gasteiger partial charge in [0.2, 0.25) is 10.0 Å². The summed E-state index contributed by atoms with van der Waals surface area (Å²) in [5, 5.41) is 1.24. The average Bonchev–Trinajstić information content (AvgIpc) is 2.55. The van der Waals surface area contributed by atoms with E-state index in [1.807, 2.05) is 30.3 Å². The molecule has 1 fully saturated rings. The molecule has 5 nitrogen and oxygen atoms in total. The van der Waals surface area contributed by atoms with Gasteiger partial charge in [0.1, 0.15) is 0 Å². The molecule has 0 aromatic heterocycles. The summed E-state index contributed by atoms with van der Waals surface area (Å²) in [5.41, 5.74) is 0.867. The summed E-state index contributed by atoms with van der Waals surface area (Å²) in [6.07, 6.45) is 1.61. The van der Waals surface area contributed by atoms with Crippen LogP contribution in [0.15, 0.2) is 35.7 Å². The number of nitrogens with zero attached hydrogens (tertiary/aromatic N) is 1. The lowest BCUT2D eigenvalue weighted by Crippen LogP contribution is -2.50. The highest BCUT2D eigenvalue weighted by Gasteiger charge is 2.24. The first-order chi connectivity index (χ1) is 11.0. The maximum absolute atomic E-state index is 12.2. The van der Waals surface area contributed by atoms with Gasteiger partial charge >= 0.3 is 0 Å². The molecule has 6 heteroatoms. The van der Waals surface area contributed by atoms with Crippen molar-refractivity contribution in [3.63, 3.8) is 0 Å². The number of hydrogen-bond acceptors (Lipinski definition) is 4. The Morgan fingerprint density at radius 3 is 2.48 bits per heavy atom. The number of sulfonamides is 1. The number of benzene rings is 1. The van der Waals surface area contributed by atoms with Crippen molar-refractivity contribution in [1.29, 1.82) is 0 Å². The summed E-state index contributed by atoms with van der Waals surface area (Å²) in [5.74, 6) is 0.369. The first-order valence-corrected chi connectivity index (χ1v) is 9.57. The summed E-state index contributed by atoms with van der Waals surface area (Å²) < 4.78 is 32.4. The highest BCUT2D eigenvalue weighted by atomic mass is 32.2. The fraction of sp³-hybridized carbons (Fsp3) is 0.529. The van der Waals surface area contributed by atoms with Crippen LogP contribution >= 0.6 is 0 Å². The SMILES string of the molecule is CC(C)C(CNS(=O)(=O)C=Cc1ccccc1)N1CCOCC1. The van der Waals surface area contributed by atoms with E-state index in [2.05, 4.69) is 23.5 Å². The van der Waals surface area contributed by atoms with E-state index in [9.17, 15) is 8.42 Å². The van der Waals surface area contributed by atoms with E-state index >= 15 is 0 Å². The van der Waals surface area contributed by atoms with Crippen LogP contribution in [0.25, 0.3) is 6.08 Å². The molecule has 0 amide bonds. The standard InChI is InChI=1S/C17H26N2O3S/c1-15(2)17(19-9-11-22-12-10-19)14-18-23(20,21)13-8-16-6-4-3-5-7-16/h3-8,13,15,17-18H,9-12,14H2,1-2H3. The molecule has 0 bridgehead atoms. The molecule has 1 aliphatic rings. The van der Waals surface area contributed by atoms with Gasteiger partial charge < -0.3 is 4.74 Å². The third kappa shape index (κ3) is 6.06. The highest BCUT2D eigenvalue weighted by Crippen LogP contribution is 2.13. The zero-order valence-corrected chi connectivity index (χ0v) is 14.6. The Kier molecular flexibility index (Phi) is 6.77. The number of rotatable bonds is 7. The van der Waals surface area contributed by atoms with Crippen molar-refractivity contribution in [3.05, 3.63) is 41.3 Å². The van der Waals surface area contributed by atoms with Crippen LogP contribution in [-0.2, 0) is 14.8 Å². The Balaban J connectivity index is 1.94. The van der Waals surface area contributed by atoms with Crippen LogP contribution in [-0.4, -0.2) is 52.2 Å². The van der Waals surface area contributed by atoms with Gasteiger partial charge in [-0.15, -0.1) is 0 Å². The summed E-state index contributed by atoms with van der Waals surface area (Å²) in [6.45, 7) is 7.78. The van der Waals surface area contributed by atoms with Crippen molar-refractivity contribution >= 4 is 16.1 Å². The molecule has 1 unspecified atom stereocenters. The lowest BCUT2D eigenvalue weighted by atomic mass is 10.0. The first kappa shape index (κ1) is 18.1. The fourth-order valence-corrected chi connectivity index (χ4v) is 3.51. The van der Waals surface area contributed by atoms with Gasteiger partial charge in [0, 0.05) is 31.1 Å². The van der Waals surface area contributed by atoms with Crippen molar-refractivity contribution in [2.45, 2.75) is 19.9 Å². The summed E-state index contributed by atoms with van der Waals surface area (Å²) >= 11 is 0. The van der Waals surface area contributed by atoms with Gasteiger partial charge in [-0.05, 0) is 17.6 Å². The smallest absolute Gasteiger partial charge is 0.233 e. The van der Waals surface area contributed by atoms with Crippen LogP contribution in [0.3, 0.4) is 0 Å². The zero-order chi connectivity index (χ0) is 16.7. The van der Waals surface area contributed by atoms with Crippen molar-refractivity contribution in [3.8, 4) is 0 Å². The predicted molar refractivity (Wildman–Crippen MR) is 93.4 cm³/mol. The maximum atomic E-state index is 12.2. The lowest BCUT2D eigenvalue weighted by Gasteiger charge is -2.36. The molecular weight excluding hydrogens is 312 g/mol. The molecule has 1 saturated heterocycles. The molecule has 2 rings (SSSR count). The normalized spacial score (nSPS) is 18.6. The van der Waals surface area contributed by atoms with Crippen molar-refractivity contribution in [1.82, 2.24) is 9.62 Å². The van der Waals surface area contributed by atoms with Crippen molar-refractivity contribution in [2.75, 3.05) is 32.8 Å². The molecule has 128 valence electrons. The topological polar surface area (TPSA) is 58.6 Å². The lowest BCUT2D eigenvalue weighted by molar-refractivity contribution is 0.00778. The molecule has 23 heavy (non-hydrogen) atoms. The summed E-state index contributed by atoms with van der Waals surface area (Å²) in [6, 6.07) is 9.59. The molecule has 0 aliphatic carbocycles. The van der Waals surface area contributed by atoms with E-state index in [0.29, 0.717) is 25.7 Å². The molecule has 0 radical (unpaired) electrons. The van der Waals surface area contributed by atoms with Gasteiger partial charge in [0.05, 0.1) is 13.2 Å². The van der Waals surface area contributed by atoms with E-state index in [-0.39, 0.29) is 6.04 Å². The number of ether oxygens (including phenoxy) is 1. The average molecular weight is 338 g/mol. The minimum Gasteiger partial charge on any atom is -0.379 e. The first-order valence-electron chi connectivity index (χ1n) is 8.02. The molecule has 1 N–H and O–H groups in total. The van der Waals surface area contributed by atoms with E-state index < -0.39 is 10.0 Å². The van der Waals surface area contributed by atoms with Crippen molar-refractivity contribution in [2.24, 2.45) is 5.92 Å². The molecule has 1 atom stereocenters. The summed E-state index contributed by atoms with van der Waals surface area (Å²) in [4.78, 5) is 2.30. The van der Waals surface area contributed by atoms with Gasteiger partial charge in [0.25, 0.3) is 0 Å². The second kappa shape index (κ2) is 8.59. The summed E-state index contributed by atoms with van der Waals surface area (Å²) in [7, 11) is -3.44. The minimum absolute atomic E-state index is 0.179. The Morgan fingerprint density at radius 1 is 1.22 bits per heavy atom. The second-order valence-electron chi connectivity index (χ2n) is 6.07.